The molecule has 3 atom stereocenters. The predicted octanol–water partition coefficient (Wildman–Crippen LogP) is 2.66. The number of hydrogen-bond acceptors (Lipinski definition) is 6. The lowest BCUT2D eigenvalue weighted by Gasteiger charge is -2.39. The monoisotopic (exact) mass is 369 g/mol. The van der Waals surface area contributed by atoms with Crippen molar-refractivity contribution in [2.24, 2.45) is 16.7 Å². The van der Waals surface area contributed by atoms with Crippen molar-refractivity contribution in [3.63, 3.8) is 0 Å². The van der Waals surface area contributed by atoms with E-state index in [1.54, 1.807) is 0 Å². The Morgan fingerprint density at radius 3 is 2.08 bits per heavy atom. The van der Waals surface area contributed by atoms with E-state index in [9.17, 15) is 19.2 Å². The number of esters is 2. The minimum Gasteiger partial charge on any atom is -0.452 e. The molecule has 2 amide bonds. The molecule has 0 aromatic rings. The average molecular weight is 369 g/mol. The van der Waals surface area contributed by atoms with Gasteiger partial charge in [-0.1, -0.05) is 41.5 Å². The molecule has 0 spiro atoms. The minimum absolute atomic E-state index is 0.0410. The van der Waals surface area contributed by atoms with Crippen LogP contribution in [0.5, 0.6) is 0 Å². The second kappa shape index (κ2) is 7.76. The summed E-state index contributed by atoms with van der Waals surface area (Å²) in [5, 5.41) is 0. The fourth-order valence-electron chi connectivity index (χ4n) is 2.80. The molecule has 148 valence electrons. The first-order valence-electron chi connectivity index (χ1n) is 8.87. The molecule has 1 aliphatic rings. The van der Waals surface area contributed by atoms with Gasteiger partial charge < -0.3 is 9.47 Å². The highest BCUT2D eigenvalue weighted by molar-refractivity contribution is 6.02. The summed E-state index contributed by atoms with van der Waals surface area (Å²) >= 11 is 0. The first-order valence-corrected chi connectivity index (χ1v) is 8.87. The summed E-state index contributed by atoms with van der Waals surface area (Å²) in [5.41, 5.74) is -0.419. The van der Waals surface area contributed by atoms with E-state index in [2.05, 4.69) is 0 Å². The maximum atomic E-state index is 12.7. The highest BCUT2D eigenvalue weighted by Crippen LogP contribution is 2.37. The molecule has 1 saturated heterocycles. The molecule has 1 rings (SSSR count). The molecule has 0 N–H and O–H groups in total. The van der Waals surface area contributed by atoms with Crippen molar-refractivity contribution in [2.75, 3.05) is 0 Å². The number of imide groups is 1. The van der Waals surface area contributed by atoms with E-state index >= 15 is 0 Å². The average Bonchev–Trinajstić information content (AvgIpc) is 2.41. The second-order valence-corrected chi connectivity index (χ2v) is 9.13. The van der Waals surface area contributed by atoms with Crippen molar-refractivity contribution in [3.05, 3.63) is 0 Å². The van der Waals surface area contributed by atoms with Gasteiger partial charge in [0.25, 0.3) is 5.91 Å². The van der Waals surface area contributed by atoms with Gasteiger partial charge in [0.2, 0.25) is 5.91 Å². The normalized spacial score (nSPS) is 20.1. The number of rotatable bonds is 5. The predicted molar refractivity (Wildman–Crippen MR) is 94.6 cm³/mol. The van der Waals surface area contributed by atoms with E-state index in [-0.39, 0.29) is 17.3 Å². The molecular weight excluding hydrogens is 338 g/mol. The number of carbonyl (C=O) groups excluding carboxylic acids is 4. The molecule has 0 aliphatic carbocycles. The molecule has 1 heterocycles. The zero-order valence-electron chi connectivity index (χ0n) is 17.0. The Kier molecular flexibility index (Phi) is 6.60. The number of likely N-dealkylation sites (tertiary alicyclic amines) is 1. The number of β-lactam (4-membered cyclic amide) rings is 1. The lowest BCUT2D eigenvalue weighted by atomic mass is 9.72. The highest BCUT2D eigenvalue weighted by atomic mass is 16.6. The minimum atomic E-state index is -1.13. The van der Waals surface area contributed by atoms with Gasteiger partial charge in [0.05, 0.1) is 12.3 Å². The van der Waals surface area contributed by atoms with Crippen LogP contribution < -0.4 is 0 Å². The third-order valence-electron chi connectivity index (χ3n) is 4.23. The summed E-state index contributed by atoms with van der Waals surface area (Å²) in [6.07, 6.45) is -1.48. The molecule has 0 aromatic heterocycles. The topological polar surface area (TPSA) is 90.0 Å². The number of hydrogen-bond donors (Lipinski definition) is 0. The summed E-state index contributed by atoms with van der Waals surface area (Å²) < 4.78 is 10.3. The molecule has 0 aromatic carbocycles. The summed E-state index contributed by atoms with van der Waals surface area (Å²) in [5.74, 6) is -2.57. The van der Waals surface area contributed by atoms with Crippen molar-refractivity contribution in [3.8, 4) is 0 Å². The van der Waals surface area contributed by atoms with Crippen LogP contribution >= 0.6 is 0 Å². The van der Waals surface area contributed by atoms with Crippen LogP contribution in [0.3, 0.4) is 0 Å². The molecule has 26 heavy (non-hydrogen) atoms. The Bertz CT molecular complexity index is 584. The Morgan fingerprint density at radius 2 is 1.69 bits per heavy atom. The van der Waals surface area contributed by atoms with Crippen molar-refractivity contribution >= 4 is 23.8 Å². The van der Waals surface area contributed by atoms with E-state index in [1.165, 1.54) is 13.8 Å². The lowest BCUT2D eigenvalue weighted by Crippen LogP contribution is -2.60. The van der Waals surface area contributed by atoms with Gasteiger partial charge in [-0.2, -0.15) is 0 Å². The summed E-state index contributed by atoms with van der Waals surface area (Å²) in [6.45, 7) is 14.6. The van der Waals surface area contributed by atoms with Gasteiger partial charge in [-0.15, -0.1) is 0 Å². The summed E-state index contributed by atoms with van der Waals surface area (Å²) in [4.78, 5) is 48.7. The van der Waals surface area contributed by atoms with E-state index in [0.29, 0.717) is 6.42 Å². The molecule has 3 unspecified atom stereocenters. The Hall–Kier alpha value is -1.92. The zero-order valence-corrected chi connectivity index (χ0v) is 17.0. The molecule has 1 aliphatic heterocycles. The zero-order chi connectivity index (χ0) is 20.4. The fourth-order valence-corrected chi connectivity index (χ4v) is 2.80. The van der Waals surface area contributed by atoms with Crippen LogP contribution in [0.4, 0.5) is 0 Å². The number of ether oxygens (including phenoxy) is 2. The number of nitrogens with zero attached hydrogens (tertiary/aromatic N) is 1. The van der Waals surface area contributed by atoms with Gasteiger partial charge in [-0.05, 0) is 24.2 Å². The van der Waals surface area contributed by atoms with Gasteiger partial charge in [0.15, 0.2) is 12.3 Å². The van der Waals surface area contributed by atoms with Crippen LogP contribution in [0.2, 0.25) is 0 Å². The van der Waals surface area contributed by atoms with Crippen LogP contribution in [0.15, 0.2) is 0 Å². The first kappa shape index (κ1) is 22.1. The van der Waals surface area contributed by atoms with E-state index in [0.717, 1.165) is 4.90 Å². The SMILES string of the molecule is CC(=O)OC1CC(=O)N1C(=O)C(C)OC(=O)C(CC(C)(C)C)C(C)(C)C. The summed E-state index contributed by atoms with van der Waals surface area (Å²) in [7, 11) is 0. The smallest absolute Gasteiger partial charge is 0.310 e. The van der Waals surface area contributed by atoms with E-state index in [4.69, 9.17) is 9.47 Å². The standard InChI is InChI=1S/C19H31NO6/c1-11(16(23)20-14(22)9-15(20)26-12(2)21)25-17(24)13(19(6,7)8)10-18(3,4)5/h11,13,15H,9-10H2,1-8H3. The molecular formula is C19H31NO6. The van der Waals surface area contributed by atoms with Gasteiger partial charge in [-0.3, -0.25) is 19.2 Å². The maximum Gasteiger partial charge on any atom is 0.310 e. The van der Waals surface area contributed by atoms with E-state index < -0.39 is 42.0 Å². The molecule has 0 bridgehead atoms. The third-order valence-corrected chi connectivity index (χ3v) is 4.23. The largest absolute Gasteiger partial charge is 0.452 e. The van der Waals surface area contributed by atoms with Gasteiger partial charge >= 0.3 is 11.9 Å². The number of amides is 2. The lowest BCUT2D eigenvalue weighted by molar-refractivity contribution is -0.193. The van der Waals surface area contributed by atoms with Crippen molar-refractivity contribution < 1.29 is 28.7 Å². The van der Waals surface area contributed by atoms with Crippen LogP contribution in [0, 0.1) is 16.7 Å². The number of carbonyl (C=O) groups is 4. The molecule has 0 radical (unpaired) electrons. The maximum absolute atomic E-state index is 12.7. The Morgan fingerprint density at radius 1 is 1.15 bits per heavy atom. The third kappa shape index (κ3) is 5.81. The molecule has 7 nitrogen and oxygen atoms in total. The highest BCUT2D eigenvalue weighted by Gasteiger charge is 2.46. The second-order valence-electron chi connectivity index (χ2n) is 9.13. The quantitative estimate of drug-likeness (QED) is 0.547. The molecule has 0 saturated carbocycles. The molecule has 1 fully saturated rings. The molecule has 7 heteroatoms. The van der Waals surface area contributed by atoms with Crippen molar-refractivity contribution in [1.29, 1.82) is 0 Å². The fraction of sp³-hybridized carbons (Fsp3) is 0.789. The van der Waals surface area contributed by atoms with Crippen LogP contribution in [-0.4, -0.2) is 41.0 Å². The summed E-state index contributed by atoms with van der Waals surface area (Å²) in [6, 6.07) is 0. The Balaban J connectivity index is 2.82. The first-order chi connectivity index (χ1) is 11.6. The van der Waals surface area contributed by atoms with Crippen molar-refractivity contribution in [2.45, 2.75) is 80.6 Å². The van der Waals surface area contributed by atoms with Crippen LogP contribution in [-0.2, 0) is 28.7 Å². The Labute approximate surface area is 155 Å². The van der Waals surface area contributed by atoms with Crippen LogP contribution in [0.1, 0.15) is 68.2 Å². The van der Waals surface area contributed by atoms with Gasteiger partial charge in [-0.25, -0.2) is 4.90 Å². The van der Waals surface area contributed by atoms with Crippen molar-refractivity contribution in [1.82, 2.24) is 4.90 Å². The van der Waals surface area contributed by atoms with E-state index in [1.807, 2.05) is 41.5 Å². The van der Waals surface area contributed by atoms with Crippen LogP contribution in [0.25, 0.3) is 0 Å². The van der Waals surface area contributed by atoms with Gasteiger partial charge in [0, 0.05) is 6.92 Å². The van der Waals surface area contributed by atoms with Gasteiger partial charge in [0.1, 0.15) is 0 Å².